The van der Waals surface area contributed by atoms with Crippen LogP contribution in [0.15, 0.2) is 21.8 Å². The van der Waals surface area contributed by atoms with Crippen LogP contribution < -0.4 is 0 Å². The maximum absolute atomic E-state index is 4.21. The smallest absolute Gasteiger partial charge is 0.0539 e. The third-order valence-electron chi connectivity index (χ3n) is 1.74. The number of nitrogens with zero attached hydrogens (tertiary/aromatic N) is 2. The second-order valence-corrected chi connectivity index (χ2v) is 5.01. The van der Waals surface area contributed by atoms with Crippen LogP contribution in [0.3, 0.4) is 0 Å². The van der Waals surface area contributed by atoms with E-state index in [4.69, 9.17) is 0 Å². The third kappa shape index (κ3) is 4.55. The summed E-state index contributed by atoms with van der Waals surface area (Å²) in [5.41, 5.74) is 2.07. The summed E-state index contributed by atoms with van der Waals surface area (Å²) in [6.07, 6.45) is 2.02. The molecule has 1 atom stereocenters. The molecule has 0 aromatic heterocycles. The van der Waals surface area contributed by atoms with E-state index in [9.17, 15) is 0 Å². The highest BCUT2D eigenvalue weighted by molar-refractivity contribution is 14.1. The first-order valence-corrected chi connectivity index (χ1v) is 5.56. The zero-order chi connectivity index (χ0) is 10.4. The number of allylic oxidation sites excluding steroid dienone is 2. The maximum Gasteiger partial charge on any atom is 0.0539 e. The van der Waals surface area contributed by atoms with Crippen molar-refractivity contribution in [3.05, 3.63) is 11.8 Å². The fraction of sp³-hybridized carbons (Fsp3) is 0.600. The van der Waals surface area contributed by atoms with Gasteiger partial charge in [0, 0.05) is 12.8 Å². The largest absolute Gasteiger partial charge is 0.293 e. The molecule has 0 amide bonds. The molecule has 0 fully saturated rings. The molecule has 0 bridgehead atoms. The molecule has 1 unspecified atom stereocenters. The van der Waals surface area contributed by atoms with E-state index in [1.807, 2.05) is 13.1 Å². The summed E-state index contributed by atoms with van der Waals surface area (Å²) in [6, 6.07) is 0. The van der Waals surface area contributed by atoms with E-state index in [-0.39, 0.29) is 0 Å². The van der Waals surface area contributed by atoms with Gasteiger partial charge in [-0.25, -0.2) is 0 Å². The Morgan fingerprint density at radius 3 is 2.15 bits per heavy atom. The minimum atomic E-state index is 0.380. The molecular formula is C10H17IN2. The normalized spacial score (nSPS) is 16.2. The van der Waals surface area contributed by atoms with Crippen LogP contribution in [0.1, 0.15) is 20.8 Å². The molecule has 0 heterocycles. The van der Waals surface area contributed by atoms with Crippen molar-refractivity contribution in [3.63, 3.8) is 0 Å². The molecule has 0 aromatic carbocycles. The summed E-state index contributed by atoms with van der Waals surface area (Å²) >= 11 is 2.32. The lowest BCUT2D eigenvalue weighted by Gasteiger charge is -2.08. The molecular weight excluding hydrogens is 275 g/mol. The topological polar surface area (TPSA) is 24.7 Å². The maximum atomic E-state index is 4.21. The van der Waals surface area contributed by atoms with Crippen LogP contribution in [0, 0.1) is 5.92 Å². The quantitative estimate of drug-likeness (QED) is 0.432. The fourth-order valence-corrected chi connectivity index (χ4v) is 1.30. The van der Waals surface area contributed by atoms with Crippen molar-refractivity contribution >= 4 is 35.0 Å². The van der Waals surface area contributed by atoms with Crippen molar-refractivity contribution in [1.82, 2.24) is 0 Å². The van der Waals surface area contributed by atoms with Gasteiger partial charge >= 0.3 is 0 Å². The predicted octanol–water partition coefficient (Wildman–Crippen LogP) is 3.12. The summed E-state index contributed by atoms with van der Waals surface area (Å²) in [6.45, 7) is 9.89. The highest BCUT2D eigenvalue weighted by Gasteiger charge is 2.06. The monoisotopic (exact) mass is 292 g/mol. The molecule has 0 aliphatic carbocycles. The van der Waals surface area contributed by atoms with Crippen LogP contribution in [-0.4, -0.2) is 23.4 Å². The van der Waals surface area contributed by atoms with E-state index in [0.29, 0.717) is 9.84 Å². The van der Waals surface area contributed by atoms with Gasteiger partial charge in [-0.2, -0.15) is 0 Å². The highest BCUT2D eigenvalue weighted by atomic mass is 127. The predicted molar refractivity (Wildman–Crippen MR) is 69.3 cm³/mol. The van der Waals surface area contributed by atoms with Gasteiger partial charge in [0.15, 0.2) is 0 Å². The molecule has 0 spiro atoms. The second-order valence-electron chi connectivity index (χ2n) is 3.15. The highest BCUT2D eigenvalue weighted by Crippen LogP contribution is 2.14. The molecule has 0 saturated heterocycles. The number of rotatable bonds is 4. The number of hydrogen-bond acceptors (Lipinski definition) is 2. The van der Waals surface area contributed by atoms with Gasteiger partial charge in [0.05, 0.1) is 9.62 Å². The molecule has 3 heteroatoms. The molecule has 13 heavy (non-hydrogen) atoms. The summed E-state index contributed by atoms with van der Waals surface area (Å²) < 4.78 is 0.380. The van der Waals surface area contributed by atoms with E-state index in [2.05, 4.69) is 60.1 Å². The van der Waals surface area contributed by atoms with Gasteiger partial charge in [0.2, 0.25) is 0 Å². The zero-order valence-corrected chi connectivity index (χ0v) is 10.9. The van der Waals surface area contributed by atoms with Crippen molar-refractivity contribution < 1.29 is 0 Å². The summed E-state index contributed by atoms with van der Waals surface area (Å²) in [4.78, 5) is 8.19. The van der Waals surface area contributed by atoms with Gasteiger partial charge in [-0.15, -0.1) is 0 Å². The van der Waals surface area contributed by atoms with E-state index in [1.54, 1.807) is 0 Å². The Morgan fingerprint density at radius 2 is 1.92 bits per heavy atom. The van der Waals surface area contributed by atoms with E-state index >= 15 is 0 Å². The van der Waals surface area contributed by atoms with Crippen molar-refractivity contribution in [1.29, 1.82) is 0 Å². The lowest BCUT2D eigenvalue weighted by Crippen LogP contribution is -2.06. The average molecular weight is 292 g/mol. The van der Waals surface area contributed by atoms with Crippen LogP contribution in [0.25, 0.3) is 0 Å². The Labute approximate surface area is 94.4 Å². The van der Waals surface area contributed by atoms with Gasteiger partial charge in [0.1, 0.15) is 0 Å². The molecule has 0 aliphatic rings. The van der Waals surface area contributed by atoms with Crippen molar-refractivity contribution in [3.8, 4) is 0 Å². The summed E-state index contributed by atoms with van der Waals surface area (Å²) in [5, 5.41) is 0. The first kappa shape index (κ1) is 12.8. The summed E-state index contributed by atoms with van der Waals surface area (Å²) in [7, 11) is 1.81. The first-order chi connectivity index (χ1) is 6.02. The zero-order valence-electron chi connectivity index (χ0n) is 8.71. The van der Waals surface area contributed by atoms with Crippen LogP contribution in [0.4, 0.5) is 0 Å². The van der Waals surface area contributed by atoms with E-state index in [0.717, 1.165) is 11.4 Å². The lowest BCUT2D eigenvalue weighted by atomic mass is 10.1. The Kier molecular flexibility index (Phi) is 6.20. The van der Waals surface area contributed by atoms with Crippen LogP contribution in [0.2, 0.25) is 0 Å². The molecule has 0 radical (unpaired) electrons. The lowest BCUT2D eigenvalue weighted by molar-refractivity contribution is 0.884. The van der Waals surface area contributed by atoms with Gasteiger partial charge in [-0.1, -0.05) is 36.4 Å². The van der Waals surface area contributed by atoms with Crippen LogP contribution in [-0.2, 0) is 0 Å². The van der Waals surface area contributed by atoms with Gasteiger partial charge in [-0.05, 0) is 25.6 Å². The summed E-state index contributed by atoms with van der Waals surface area (Å²) in [5.74, 6) is 0.442. The van der Waals surface area contributed by atoms with Crippen molar-refractivity contribution in [2.24, 2.45) is 15.9 Å². The molecule has 0 aromatic rings. The molecule has 74 valence electrons. The second kappa shape index (κ2) is 6.29. The average Bonchev–Trinajstić information content (AvgIpc) is 2.05. The number of alkyl halides is 1. The van der Waals surface area contributed by atoms with Gasteiger partial charge < -0.3 is 0 Å². The number of hydrogen-bond donors (Lipinski definition) is 0. The molecule has 0 N–H and O–H groups in total. The van der Waals surface area contributed by atoms with Crippen LogP contribution in [0.5, 0.6) is 0 Å². The Hall–Kier alpha value is -0.190. The fourth-order valence-electron chi connectivity index (χ4n) is 0.927. The van der Waals surface area contributed by atoms with Crippen LogP contribution >= 0.6 is 22.6 Å². The SMILES string of the molecule is C=N/C(=C\C(=NC)C(C)C)C(C)I. The Morgan fingerprint density at radius 1 is 1.38 bits per heavy atom. The van der Waals surface area contributed by atoms with Gasteiger partial charge in [0.25, 0.3) is 0 Å². The Bertz CT molecular complexity index is 227. The van der Waals surface area contributed by atoms with E-state index < -0.39 is 0 Å². The minimum Gasteiger partial charge on any atom is -0.293 e. The molecule has 0 saturated carbocycles. The Balaban J connectivity index is 4.76. The first-order valence-electron chi connectivity index (χ1n) is 4.32. The van der Waals surface area contributed by atoms with Crippen molar-refractivity contribution in [2.45, 2.75) is 24.7 Å². The standard InChI is InChI=1S/C10H17IN2/c1-7(2)9(12-4)6-10(13-5)8(3)11/h6-8H,5H2,1-4H3/b10-6-,12-9?. The van der Waals surface area contributed by atoms with Gasteiger partial charge in [-0.3, -0.25) is 9.98 Å². The van der Waals surface area contributed by atoms with E-state index in [1.165, 1.54) is 0 Å². The molecule has 2 nitrogen and oxygen atoms in total. The minimum absolute atomic E-state index is 0.380. The number of aliphatic imine (C=N–C) groups is 2. The molecule has 0 aliphatic heterocycles. The molecule has 0 rings (SSSR count). The number of halogens is 1. The van der Waals surface area contributed by atoms with Crippen molar-refractivity contribution in [2.75, 3.05) is 7.05 Å². The third-order valence-corrected chi connectivity index (χ3v) is 2.37.